The van der Waals surface area contributed by atoms with Crippen molar-refractivity contribution < 1.29 is 4.74 Å². The van der Waals surface area contributed by atoms with Crippen molar-refractivity contribution >= 4 is 0 Å². The van der Waals surface area contributed by atoms with E-state index >= 15 is 0 Å². The lowest BCUT2D eigenvalue weighted by atomic mass is 9.98. The summed E-state index contributed by atoms with van der Waals surface area (Å²) in [4.78, 5) is 0. The molecule has 1 aromatic heterocycles. The van der Waals surface area contributed by atoms with Crippen LogP contribution in [0.15, 0.2) is 0 Å². The zero-order valence-corrected chi connectivity index (χ0v) is 12.8. The smallest absolute Gasteiger partial charge is 0.0793 e. The molecule has 0 saturated heterocycles. The standard InChI is InChI=1S/C14H27N3O/c1-8-12-10(2)16-17(11(12)3)9-13(15-6)14(4,5)18-7/h13,15H,8-9H2,1-7H3. The van der Waals surface area contributed by atoms with E-state index in [0.29, 0.717) is 0 Å². The van der Waals surface area contributed by atoms with Gasteiger partial charge in [0.15, 0.2) is 0 Å². The average molecular weight is 253 g/mol. The van der Waals surface area contributed by atoms with Crippen LogP contribution in [0.2, 0.25) is 0 Å². The molecule has 0 aliphatic carbocycles. The Morgan fingerprint density at radius 1 is 1.39 bits per heavy atom. The van der Waals surface area contributed by atoms with Crippen LogP contribution in [0.25, 0.3) is 0 Å². The zero-order chi connectivity index (χ0) is 13.9. The number of ether oxygens (including phenoxy) is 1. The van der Waals surface area contributed by atoms with Gasteiger partial charge in [0.25, 0.3) is 0 Å². The minimum atomic E-state index is -0.215. The second-order valence-corrected chi connectivity index (χ2v) is 5.33. The van der Waals surface area contributed by atoms with Gasteiger partial charge < -0.3 is 10.1 Å². The number of nitrogens with one attached hydrogen (secondary N) is 1. The second-order valence-electron chi connectivity index (χ2n) is 5.33. The summed E-state index contributed by atoms with van der Waals surface area (Å²) in [5.74, 6) is 0. The van der Waals surface area contributed by atoms with Crippen molar-refractivity contribution in [2.45, 2.75) is 59.2 Å². The molecule has 0 aliphatic heterocycles. The Morgan fingerprint density at radius 3 is 2.39 bits per heavy atom. The SMILES string of the molecule is CCc1c(C)nn(CC(NC)C(C)(C)OC)c1C. The molecule has 4 nitrogen and oxygen atoms in total. The largest absolute Gasteiger partial charge is 0.377 e. The minimum absolute atomic E-state index is 0.215. The number of hydrogen-bond donors (Lipinski definition) is 1. The number of rotatable bonds is 6. The Balaban J connectivity index is 2.96. The van der Waals surface area contributed by atoms with E-state index in [1.54, 1.807) is 7.11 Å². The summed E-state index contributed by atoms with van der Waals surface area (Å²) in [5.41, 5.74) is 3.55. The maximum absolute atomic E-state index is 5.56. The van der Waals surface area contributed by atoms with E-state index in [9.17, 15) is 0 Å². The third kappa shape index (κ3) is 2.93. The molecule has 0 aliphatic rings. The van der Waals surface area contributed by atoms with Gasteiger partial charge in [-0.3, -0.25) is 4.68 Å². The Morgan fingerprint density at radius 2 is 2.00 bits per heavy atom. The minimum Gasteiger partial charge on any atom is -0.377 e. The van der Waals surface area contributed by atoms with Gasteiger partial charge >= 0.3 is 0 Å². The molecule has 1 heterocycles. The van der Waals surface area contributed by atoms with Crippen LogP contribution < -0.4 is 5.32 Å². The van der Waals surface area contributed by atoms with E-state index < -0.39 is 0 Å². The van der Waals surface area contributed by atoms with Crippen LogP contribution in [0.5, 0.6) is 0 Å². The van der Waals surface area contributed by atoms with E-state index in [2.05, 4.69) is 49.7 Å². The van der Waals surface area contributed by atoms with Crippen LogP contribution in [0, 0.1) is 13.8 Å². The van der Waals surface area contributed by atoms with E-state index in [4.69, 9.17) is 4.74 Å². The first-order valence-electron chi connectivity index (χ1n) is 6.62. The topological polar surface area (TPSA) is 39.1 Å². The van der Waals surface area contributed by atoms with Crippen LogP contribution >= 0.6 is 0 Å². The molecule has 0 spiro atoms. The summed E-state index contributed by atoms with van der Waals surface area (Å²) in [6.45, 7) is 11.4. The molecular formula is C14H27N3O. The molecule has 1 rings (SSSR count). The predicted octanol–water partition coefficient (Wildman–Crippen LogP) is 2.08. The fraction of sp³-hybridized carbons (Fsp3) is 0.786. The van der Waals surface area contributed by atoms with Crippen molar-refractivity contribution in [2.75, 3.05) is 14.2 Å². The molecule has 0 fully saturated rings. The maximum atomic E-state index is 5.56. The molecule has 0 aromatic carbocycles. The maximum Gasteiger partial charge on any atom is 0.0793 e. The van der Waals surface area contributed by atoms with E-state index in [0.717, 1.165) is 18.7 Å². The highest BCUT2D eigenvalue weighted by Gasteiger charge is 2.29. The molecule has 0 radical (unpaired) electrons. The third-order valence-electron chi connectivity index (χ3n) is 3.95. The van der Waals surface area contributed by atoms with Gasteiger partial charge in [0.1, 0.15) is 0 Å². The van der Waals surface area contributed by atoms with Gasteiger partial charge in [0, 0.05) is 12.8 Å². The number of likely N-dealkylation sites (N-methyl/N-ethyl adjacent to an activating group) is 1. The van der Waals surface area contributed by atoms with E-state index in [-0.39, 0.29) is 11.6 Å². The van der Waals surface area contributed by atoms with Gasteiger partial charge in [-0.1, -0.05) is 6.92 Å². The highest BCUT2D eigenvalue weighted by atomic mass is 16.5. The summed E-state index contributed by atoms with van der Waals surface area (Å²) < 4.78 is 7.66. The van der Waals surface area contributed by atoms with Crippen LogP contribution in [0.3, 0.4) is 0 Å². The van der Waals surface area contributed by atoms with E-state index in [1.165, 1.54) is 11.3 Å². The van der Waals surface area contributed by atoms with E-state index in [1.807, 2.05) is 7.05 Å². The molecule has 1 unspecified atom stereocenters. The Labute approximate surface area is 111 Å². The van der Waals surface area contributed by atoms with Crippen LogP contribution in [-0.4, -0.2) is 35.6 Å². The monoisotopic (exact) mass is 253 g/mol. The fourth-order valence-electron chi connectivity index (χ4n) is 2.40. The first kappa shape index (κ1) is 15.2. The zero-order valence-electron chi connectivity index (χ0n) is 12.8. The summed E-state index contributed by atoms with van der Waals surface area (Å²) in [5, 5.41) is 7.97. The average Bonchev–Trinajstić information content (AvgIpc) is 2.60. The lowest BCUT2D eigenvalue weighted by molar-refractivity contribution is -0.0138. The molecule has 1 atom stereocenters. The molecular weight excluding hydrogens is 226 g/mol. The predicted molar refractivity (Wildman–Crippen MR) is 75.0 cm³/mol. The molecule has 0 bridgehead atoms. The Kier molecular flexibility index (Phi) is 4.93. The number of aryl methyl sites for hydroxylation is 1. The highest BCUT2D eigenvalue weighted by Crippen LogP contribution is 2.18. The van der Waals surface area contributed by atoms with Gasteiger partial charge in [0.2, 0.25) is 0 Å². The number of nitrogens with zero attached hydrogens (tertiary/aromatic N) is 2. The first-order chi connectivity index (χ1) is 8.37. The van der Waals surface area contributed by atoms with Crippen molar-refractivity contribution in [2.24, 2.45) is 0 Å². The van der Waals surface area contributed by atoms with Gasteiger partial charge in [-0.25, -0.2) is 0 Å². The van der Waals surface area contributed by atoms with Crippen LogP contribution in [0.1, 0.15) is 37.7 Å². The molecule has 104 valence electrons. The normalized spacial score (nSPS) is 13.9. The summed E-state index contributed by atoms with van der Waals surface area (Å²) in [6, 6.07) is 0.227. The van der Waals surface area contributed by atoms with Crippen LogP contribution in [-0.2, 0) is 17.7 Å². The summed E-state index contributed by atoms with van der Waals surface area (Å²) >= 11 is 0. The van der Waals surface area contributed by atoms with Gasteiger partial charge in [-0.15, -0.1) is 0 Å². The van der Waals surface area contributed by atoms with Crippen LogP contribution in [0.4, 0.5) is 0 Å². The number of methoxy groups -OCH3 is 1. The lowest BCUT2D eigenvalue weighted by Gasteiger charge is -2.33. The van der Waals surface area contributed by atoms with Gasteiger partial charge in [-0.05, 0) is 46.7 Å². The summed E-state index contributed by atoms with van der Waals surface area (Å²) in [7, 11) is 3.72. The van der Waals surface area contributed by atoms with Crippen molar-refractivity contribution in [1.29, 1.82) is 0 Å². The highest BCUT2D eigenvalue weighted by molar-refractivity contribution is 5.24. The molecule has 1 aromatic rings. The van der Waals surface area contributed by atoms with Gasteiger partial charge in [0.05, 0.1) is 23.9 Å². The number of hydrogen-bond acceptors (Lipinski definition) is 3. The molecule has 18 heavy (non-hydrogen) atoms. The fourth-order valence-corrected chi connectivity index (χ4v) is 2.40. The molecule has 4 heteroatoms. The van der Waals surface area contributed by atoms with Crippen molar-refractivity contribution in [3.05, 3.63) is 17.0 Å². The van der Waals surface area contributed by atoms with Crippen molar-refractivity contribution in [3.8, 4) is 0 Å². The second kappa shape index (κ2) is 5.85. The Hall–Kier alpha value is -0.870. The van der Waals surface area contributed by atoms with Crippen molar-refractivity contribution in [1.82, 2.24) is 15.1 Å². The lowest BCUT2D eigenvalue weighted by Crippen LogP contribution is -2.49. The third-order valence-corrected chi connectivity index (χ3v) is 3.95. The number of aromatic nitrogens is 2. The van der Waals surface area contributed by atoms with Crippen molar-refractivity contribution in [3.63, 3.8) is 0 Å². The molecule has 0 saturated carbocycles. The Bertz CT molecular complexity index is 396. The summed E-state index contributed by atoms with van der Waals surface area (Å²) in [6.07, 6.45) is 1.04. The first-order valence-corrected chi connectivity index (χ1v) is 6.62. The quantitative estimate of drug-likeness (QED) is 0.843. The molecule has 0 amide bonds. The molecule has 1 N–H and O–H groups in total. The van der Waals surface area contributed by atoms with Gasteiger partial charge in [-0.2, -0.15) is 5.10 Å².